The second-order valence-corrected chi connectivity index (χ2v) is 9.00. The zero-order chi connectivity index (χ0) is 21.3. The number of piperazine rings is 1. The maximum Gasteiger partial charge on any atom is 0.254 e. The van der Waals surface area contributed by atoms with Crippen LogP contribution in [0.5, 0.6) is 0 Å². The molecular weight excluding hydrogens is 421 g/mol. The van der Waals surface area contributed by atoms with E-state index in [1.54, 1.807) is 29.2 Å². The summed E-state index contributed by atoms with van der Waals surface area (Å²) in [6.45, 7) is 6.24. The number of halogens is 2. The van der Waals surface area contributed by atoms with Gasteiger partial charge in [-0.05, 0) is 48.9 Å². The van der Waals surface area contributed by atoms with Gasteiger partial charge in [0.25, 0.3) is 5.91 Å². The molecule has 2 fully saturated rings. The first-order valence-electron chi connectivity index (χ1n) is 10.2. The van der Waals surface area contributed by atoms with Crippen LogP contribution in [0.2, 0.25) is 10.0 Å². The minimum Gasteiger partial charge on any atom is -0.329 e. The highest BCUT2D eigenvalue weighted by molar-refractivity contribution is 6.30. The van der Waals surface area contributed by atoms with Crippen molar-refractivity contribution >= 4 is 34.9 Å². The van der Waals surface area contributed by atoms with Gasteiger partial charge in [0.05, 0.1) is 12.6 Å². The Labute approximate surface area is 187 Å². The van der Waals surface area contributed by atoms with Crippen molar-refractivity contribution in [2.24, 2.45) is 0 Å². The normalized spacial score (nSPS) is 23.2. The Kier molecular flexibility index (Phi) is 6.44. The van der Waals surface area contributed by atoms with Crippen LogP contribution in [-0.4, -0.2) is 71.2 Å². The predicted octanol–water partition coefficient (Wildman–Crippen LogP) is 3.59. The lowest BCUT2D eigenvalue weighted by molar-refractivity contribution is -0.122. The summed E-state index contributed by atoms with van der Waals surface area (Å²) >= 11 is 11.9. The molecule has 2 aromatic rings. The number of amides is 1. The Morgan fingerprint density at radius 3 is 2.23 bits per heavy atom. The van der Waals surface area contributed by atoms with Crippen molar-refractivity contribution in [3.8, 4) is 0 Å². The van der Waals surface area contributed by atoms with Crippen LogP contribution >= 0.6 is 23.2 Å². The third-order valence-corrected chi connectivity index (χ3v) is 6.48. The van der Waals surface area contributed by atoms with Gasteiger partial charge in [-0.1, -0.05) is 35.3 Å². The molecule has 2 aliphatic heterocycles. The van der Waals surface area contributed by atoms with Crippen molar-refractivity contribution in [2.75, 3.05) is 32.7 Å². The number of carbonyl (C=O) groups excluding carboxylic acids is 2. The number of rotatable bonds is 4. The van der Waals surface area contributed by atoms with Crippen molar-refractivity contribution in [3.63, 3.8) is 0 Å². The molecule has 2 unspecified atom stereocenters. The highest BCUT2D eigenvalue weighted by Crippen LogP contribution is 2.22. The van der Waals surface area contributed by atoms with E-state index in [9.17, 15) is 9.59 Å². The Hall–Kier alpha value is -1.92. The van der Waals surface area contributed by atoms with Crippen LogP contribution in [0.25, 0.3) is 0 Å². The zero-order valence-electron chi connectivity index (χ0n) is 16.9. The summed E-state index contributed by atoms with van der Waals surface area (Å²) in [7, 11) is 0. The van der Waals surface area contributed by atoms with Gasteiger partial charge in [0.2, 0.25) is 0 Å². The van der Waals surface area contributed by atoms with Gasteiger partial charge in [-0.3, -0.25) is 19.4 Å². The smallest absolute Gasteiger partial charge is 0.254 e. The standard InChI is InChI=1S/C23H25Cl2N3O2/c1-16-12-26(13-17-2-6-19(24)7-3-17)10-11-28(16)21-14-27(15-22(21)29)23(30)18-4-8-20(25)9-5-18/h2-9,16,21H,10-15H2,1H3. The number of ketones is 1. The van der Waals surface area contributed by atoms with Crippen molar-refractivity contribution < 1.29 is 9.59 Å². The van der Waals surface area contributed by atoms with Gasteiger partial charge in [0, 0.05) is 54.4 Å². The molecule has 5 nitrogen and oxygen atoms in total. The molecule has 30 heavy (non-hydrogen) atoms. The van der Waals surface area contributed by atoms with Crippen LogP contribution in [0.1, 0.15) is 22.8 Å². The number of nitrogens with zero attached hydrogens (tertiary/aromatic N) is 3. The summed E-state index contributed by atoms with van der Waals surface area (Å²) in [6.07, 6.45) is 0. The lowest BCUT2D eigenvalue weighted by atomic mass is 10.1. The van der Waals surface area contributed by atoms with Crippen molar-refractivity contribution in [1.29, 1.82) is 0 Å². The maximum atomic E-state index is 12.8. The Morgan fingerprint density at radius 1 is 0.967 bits per heavy atom. The van der Waals surface area contributed by atoms with Crippen LogP contribution in [0, 0.1) is 0 Å². The Morgan fingerprint density at radius 2 is 1.60 bits per heavy atom. The second-order valence-electron chi connectivity index (χ2n) is 8.12. The van der Waals surface area contributed by atoms with E-state index in [-0.39, 0.29) is 30.3 Å². The Bertz CT molecular complexity index is 917. The summed E-state index contributed by atoms with van der Waals surface area (Å²) in [5.41, 5.74) is 1.80. The lowest BCUT2D eigenvalue weighted by Crippen LogP contribution is -2.57. The summed E-state index contributed by atoms with van der Waals surface area (Å²) in [5, 5.41) is 1.33. The van der Waals surface area contributed by atoms with Crippen LogP contribution in [0.15, 0.2) is 48.5 Å². The number of likely N-dealkylation sites (tertiary alicyclic amines) is 1. The molecule has 0 N–H and O–H groups in total. The van der Waals surface area contributed by atoms with E-state index < -0.39 is 0 Å². The van der Waals surface area contributed by atoms with Gasteiger partial charge in [-0.2, -0.15) is 0 Å². The first-order chi connectivity index (χ1) is 14.4. The Balaban J connectivity index is 1.36. The summed E-state index contributed by atoms with van der Waals surface area (Å²) in [5.74, 6) is 0.00635. The molecule has 0 saturated carbocycles. The van der Waals surface area contributed by atoms with Crippen LogP contribution in [0.3, 0.4) is 0 Å². The average Bonchev–Trinajstić information content (AvgIpc) is 3.11. The molecule has 2 heterocycles. The van der Waals surface area contributed by atoms with Crippen molar-refractivity contribution in [3.05, 3.63) is 69.7 Å². The monoisotopic (exact) mass is 445 g/mol. The number of Topliss-reactive ketones (excluding diaryl/α,β-unsaturated/α-hetero) is 1. The van der Waals surface area contributed by atoms with Crippen LogP contribution < -0.4 is 0 Å². The quantitative estimate of drug-likeness (QED) is 0.720. The zero-order valence-corrected chi connectivity index (χ0v) is 18.4. The fourth-order valence-corrected chi connectivity index (χ4v) is 4.64. The van der Waals surface area contributed by atoms with Gasteiger partial charge in [-0.15, -0.1) is 0 Å². The molecule has 7 heteroatoms. The average molecular weight is 446 g/mol. The molecule has 2 atom stereocenters. The molecule has 0 radical (unpaired) electrons. The van der Waals surface area contributed by atoms with E-state index >= 15 is 0 Å². The van der Waals surface area contributed by atoms with Crippen LogP contribution in [0.4, 0.5) is 0 Å². The SMILES string of the molecule is CC1CN(Cc2ccc(Cl)cc2)CCN1C1CN(C(=O)c2ccc(Cl)cc2)CC1=O. The lowest BCUT2D eigenvalue weighted by Gasteiger charge is -2.42. The third kappa shape index (κ3) is 4.70. The van der Waals surface area contributed by atoms with E-state index in [4.69, 9.17) is 23.2 Å². The third-order valence-electron chi connectivity index (χ3n) is 5.97. The topological polar surface area (TPSA) is 43.9 Å². The summed E-state index contributed by atoms with van der Waals surface area (Å²) < 4.78 is 0. The minimum absolute atomic E-state index is 0.114. The summed E-state index contributed by atoms with van der Waals surface area (Å²) in [6, 6.07) is 14.8. The molecule has 2 aromatic carbocycles. The maximum absolute atomic E-state index is 12.8. The molecule has 0 spiro atoms. The molecule has 0 bridgehead atoms. The number of benzene rings is 2. The fourth-order valence-electron chi connectivity index (χ4n) is 4.39. The molecule has 0 aliphatic carbocycles. The minimum atomic E-state index is -0.228. The van der Waals surface area contributed by atoms with Gasteiger partial charge < -0.3 is 4.90 Å². The second kappa shape index (κ2) is 9.06. The first-order valence-corrected chi connectivity index (χ1v) is 11.0. The molecule has 0 aromatic heterocycles. The molecule has 4 rings (SSSR count). The highest BCUT2D eigenvalue weighted by Gasteiger charge is 2.40. The molecule has 158 valence electrons. The molecular formula is C23H25Cl2N3O2. The fraction of sp³-hybridized carbons (Fsp3) is 0.391. The van der Waals surface area contributed by atoms with Crippen molar-refractivity contribution in [1.82, 2.24) is 14.7 Å². The molecule has 2 aliphatic rings. The number of carbonyl (C=O) groups is 2. The van der Waals surface area contributed by atoms with E-state index in [2.05, 4.69) is 28.9 Å². The highest BCUT2D eigenvalue weighted by atomic mass is 35.5. The van der Waals surface area contributed by atoms with E-state index in [1.165, 1.54) is 5.56 Å². The predicted molar refractivity (Wildman–Crippen MR) is 119 cm³/mol. The van der Waals surface area contributed by atoms with Gasteiger partial charge in [-0.25, -0.2) is 0 Å². The van der Waals surface area contributed by atoms with Gasteiger partial charge >= 0.3 is 0 Å². The van der Waals surface area contributed by atoms with E-state index in [0.29, 0.717) is 17.1 Å². The van der Waals surface area contributed by atoms with Crippen LogP contribution in [-0.2, 0) is 11.3 Å². The summed E-state index contributed by atoms with van der Waals surface area (Å²) in [4.78, 5) is 31.8. The van der Waals surface area contributed by atoms with E-state index in [0.717, 1.165) is 31.2 Å². The first kappa shape index (κ1) is 21.3. The molecule has 2 saturated heterocycles. The molecule has 1 amide bonds. The van der Waals surface area contributed by atoms with E-state index in [1.807, 2.05) is 12.1 Å². The number of hydrogen-bond acceptors (Lipinski definition) is 4. The largest absolute Gasteiger partial charge is 0.329 e. The van der Waals surface area contributed by atoms with Gasteiger partial charge in [0.1, 0.15) is 0 Å². The van der Waals surface area contributed by atoms with Crippen molar-refractivity contribution in [2.45, 2.75) is 25.6 Å². The number of hydrogen-bond donors (Lipinski definition) is 0. The van der Waals surface area contributed by atoms with Gasteiger partial charge in [0.15, 0.2) is 5.78 Å².